The van der Waals surface area contributed by atoms with Gasteiger partial charge in [-0.25, -0.2) is 4.98 Å². The number of ether oxygens (including phenoxy) is 1. The van der Waals surface area contributed by atoms with Gasteiger partial charge in [0.2, 0.25) is 0 Å². The number of aromatic nitrogens is 3. The molecule has 0 aliphatic carbocycles. The molecule has 11 heteroatoms. The lowest BCUT2D eigenvalue weighted by Gasteiger charge is -2.35. The summed E-state index contributed by atoms with van der Waals surface area (Å²) in [7, 11) is 3.88. The number of anilines is 2. The Labute approximate surface area is 313 Å². The molecule has 2 amide bonds. The fraction of sp³-hybridized carbons (Fsp3) is 0.262. The van der Waals surface area contributed by atoms with Gasteiger partial charge in [-0.05, 0) is 85.1 Å². The Morgan fingerprint density at radius 1 is 0.925 bits per heavy atom. The smallest absolute Gasteiger partial charge is 0.264 e. The predicted octanol–water partition coefficient (Wildman–Crippen LogP) is 7.34. The van der Waals surface area contributed by atoms with E-state index in [9.17, 15) is 9.90 Å². The normalized spacial score (nSPS) is 16.2. The summed E-state index contributed by atoms with van der Waals surface area (Å²) >= 11 is 6.68. The third-order valence-corrected chi connectivity index (χ3v) is 10.8. The van der Waals surface area contributed by atoms with Crippen molar-refractivity contribution in [1.29, 1.82) is 0 Å². The Bertz CT molecular complexity index is 2340. The number of aryl methyl sites for hydroxylation is 1. The molecule has 10 nitrogen and oxygen atoms in total. The molecule has 270 valence electrons. The van der Waals surface area contributed by atoms with Crippen LogP contribution in [0.2, 0.25) is 5.02 Å². The summed E-state index contributed by atoms with van der Waals surface area (Å²) in [6, 6.07) is 26.0. The SMILES string of the molecule is C[C@@H]1Cc2ccccc2CN1C(=O)c1ccc(Cl)cc1-c1cc(C(=O)N(c2ccc(O)cc2)c2cnc3c(ccn3C)c2)c(CN2CCOCC2)n1C. The lowest BCUT2D eigenvalue weighted by Crippen LogP contribution is -2.42. The Kier molecular flexibility index (Phi) is 9.28. The molecule has 3 aromatic carbocycles. The van der Waals surface area contributed by atoms with E-state index >= 15 is 4.79 Å². The molecule has 3 aromatic heterocycles. The van der Waals surface area contributed by atoms with E-state index in [0.717, 1.165) is 41.8 Å². The number of benzene rings is 3. The fourth-order valence-corrected chi connectivity index (χ4v) is 7.81. The number of hydrogen-bond acceptors (Lipinski definition) is 6. The number of amides is 2. The molecule has 1 fully saturated rings. The molecule has 0 unspecified atom stereocenters. The van der Waals surface area contributed by atoms with Crippen molar-refractivity contribution in [3.63, 3.8) is 0 Å². The number of phenolic OH excluding ortho intramolecular Hbond substituents is 1. The van der Waals surface area contributed by atoms with Crippen LogP contribution >= 0.6 is 11.6 Å². The zero-order chi connectivity index (χ0) is 36.8. The number of carbonyl (C=O) groups is 2. The summed E-state index contributed by atoms with van der Waals surface area (Å²) in [6.45, 7) is 5.74. The molecule has 1 saturated heterocycles. The number of pyridine rings is 1. The summed E-state index contributed by atoms with van der Waals surface area (Å²) in [4.78, 5) is 40.3. The van der Waals surface area contributed by atoms with Crippen LogP contribution < -0.4 is 4.90 Å². The zero-order valence-corrected chi connectivity index (χ0v) is 30.8. The van der Waals surface area contributed by atoms with Gasteiger partial charge in [-0.2, -0.15) is 0 Å². The van der Waals surface area contributed by atoms with Crippen LogP contribution in [0.1, 0.15) is 44.5 Å². The van der Waals surface area contributed by atoms with Gasteiger partial charge in [0.25, 0.3) is 11.8 Å². The van der Waals surface area contributed by atoms with E-state index < -0.39 is 0 Å². The third kappa shape index (κ3) is 6.58. The van der Waals surface area contributed by atoms with E-state index in [0.29, 0.717) is 65.1 Å². The Balaban J connectivity index is 1.26. The highest BCUT2D eigenvalue weighted by Crippen LogP contribution is 2.37. The molecule has 0 saturated carbocycles. The van der Waals surface area contributed by atoms with Crippen molar-refractivity contribution in [3.8, 4) is 17.0 Å². The lowest BCUT2D eigenvalue weighted by molar-refractivity contribution is 0.0332. The first-order chi connectivity index (χ1) is 25.7. The molecule has 0 spiro atoms. The third-order valence-electron chi connectivity index (χ3n) is 10.6. The van der Waals surface area contributed by atoms with Crippen molar-refractivity contribution in [2.75, 3.05) is 31.2 Å². The van der Waals surface area contributed by atoms with Gasteiger partial charge in [0.05, 0.1) is 30.7 Å². The van der Waals surface area contributed by atoms with E-state index in [2.05, 4.69) is 24.0 Å². The van der Waals surface area contributed by atoms with Gasteiger partial charge in [-0.15, -0.1) is 0 Å². The Morgan fingerprint density at radius 2 is 1.68 bits per heavy atom. The average Bonchev–Trinajstić information content (AvgIpc) is 3.70. The van der Waals surface area contributed by atoms with Crippen LogP contribution in [0.15, 0.2) is 97.3 Å². The van der Waals surface area contributed by atoms with E-state index in [1.165, 1.54) is 5.56 Å². The highest BCUT2D eigenvalue weighted by molar-refractivity contribution is 6.31. The van der Waals surface area contributed by atoms with Gasteiger partial charge in [0.1, 0.15) is 11.4 Å². The summed E-state index contributed by atoms with van der Waals surface area (Å²) in [5.74, 6) is -0.262. The first-order valence-corrected chi connectivity index (χ1v) is 18.2. The number of nitrogens with zero attached hydrogens (tertiary/aromatic N) is 6. The number of halogens is 1. The average molecular weight is 729 g/mol. The second-order valence-electron chi connectivity index (χ2n) is 14.0. The van der Waals surface area contributed by atoms with Gasteiger partial charge < -0.3 is 23.9 Å². The van der Waals surface area contributed by atoms with Crippen molar-refractivity contribution in [2.45, 2.75) is 32.5 Å². The molecule has 6 aromatic rings. The number of aromatic hydroxyl groups is 1. The lowest BCUT2D eigenvalue weighted by atomic mass is 9.93. The Morgan fingerprint density at radius 3 is 2.45 bits per heavy atom. The predicted molar refractivity (Wildman–Crippen MR) is 207 cm³/mol. The van der Waals surface area contributed by atoms with Gasteiger partial charge in [0, 0.05) is 91.1 Å². The topological polar surface area (TPSA) is 96.1 Å². The van der Waals surface area contributed by atoms with Crippen LogP contribution in [0.25, 0.3) is 22.3 Å². The van der Waals surface area contributed by atoms with Crippen molar-refractivity contribution < 1.29 is 19.4 Å². The largest absolute Gasteiger partial charge is 0.508 e. The number of phenols is 1. The van der Waals surface area contributed by atoms with E-state index in [-0.39, 0.29) is 23.6 Å². The van der Waals surface area contributed by atoms with Crippen molar-refractivity contribution in [3.05, 3.63) is 130 Å². The summed E-state index contributed by atoms with van der Waals surface area (Å²) in [5.41, 5.74) is 7.52. The van der Waals surface area contributed by atoms with Crippen LogP contribution in [0.3, 0.4) is 0 Å². The van der Waals surface area contributed by atoms with Crippen LogP contribution in [0, 0.1) is 0 Å². The number of carbonyl (C=O) groups excluding carboxylic acids is 2. The first-order valence-electron chi connectivity index (χ1n) is 17.9. The van der Waals surface area contributed by atoms with Gasteiger partial charge >= 0.3 is 0 Å². The highest BCUT2D eigenvalue weighted by atomic mass is 35.5. The maximum atomic E-state index is 15.2. The number of hydrogen-bond donors (Lipinski definition) is 1. The second-order valence-corrected chi connectivity index (χ2v) is 14.4. The quantitative estimate of drug-likeness (QED) is 0.185. The Hall–Kier alpha value is -5.42. The number of fused-ring (bicyclic) bond motifs is 2. The minimum Gasteiger partial charge on any atom is -0.508 e. The minimum absolute atomic E-state index is 0.00205. The molecule has 2 aliphatic rings. The van der Waals surface area contributed by atoms with Crippen molar-refractivity contribution in [2.24, 2.45) is 14.1 Å². The van der Waals surface area contributed by atoms with Gasteiger partial charge in [-0.1, -0.05) is 35.9 Å². The molecule has 1 N–H and O–H groups in total. The molecule has 5 heterocycles. The summed E-state index contributed by atoms with van der Waals surface area (Å²) in [5, 5.41) is 11.6. The maximum Gasteiger partial charge on any atom is 0.264 e. The van der Waals surface area contributed by atoms with Crippen LogP contribution in [0.5, 0.6) is 5.75 Å². The van der Waals surface area contributed by atoms with Crippen molar-refractivity contribution >= 4 is 45.8 Å². The standard InChI is InChI=1S/C42H41ClN6O4/c1-27-20-28-6-4-5-7-30(28)25-48(27)41(51)35-13-8-31(43)22-36(35)38-23-37(39(46(38)3)26-47-16-18-53-19-17-47)42(52)49(32-9-11-34(50)12-10-32)33-21-29-14-15-45(2)40(29)44-24-33/h4-15,21-24,27,50H,16-20,25-26H2,1-3H3/t27-/m1/s1. The highest BCUT2D eigenvalue weighted by Gasteiger charge is 2.32. The fourth-order valence-electron chi connectivity index (χ4n) is 7.64. The zero-order valence-electron chi connectivity index (χ0n) is 30.0. The molecule has 1 atom stereocenters. The molecule has 8 rings (SSSR count). The molecular weight excluding hydrogens is 688 g/mol. The monoisotopic (exact) mass is 728 g/mol. The van der Waals surface area contributed by atoms with Crippen LogP contribution in [0.4, 0.5) is 11.4 Å². The van der Waals surface area contributed by atoms with E-state index in [1.54, 1.807) is 47.5 Å². The number of rotatable bonds is 7. The second kappa shape index (κ2) is 14.2. The van der Waals surface area contributed by atoms with Gasteiger partial charge in [-0.3, -0.25) is 19.4 Å². The minimum atomic E-state index is -0.269. The van der Waals surface area contributed by atoms with Gasteiger partial charge in [0.15, 0.2) is 0 Å². The molecule has 0 bridgehead atoms. The summed E-state index contributed by atoms with van der Waals surface area (Å²) < 4.78 is 9.61. The van der Waals surface area contributed by atoms with Crippen LogP contribution in [-0.4, -0.2) is 73.2 Å². The first kappa shape index (κ1) is 34.7. The van der Waals surface area contributed by atoms with Crippen molar-refractivity contribution in [1.82, 2.24) is 23.9 Å². The molecule has 2 aliphatic heterocycles. The molecule has 0 radical (unpaired) electrons. The maximum absolute atomic E-state index is 15.2. The van der Waals surface area contributed by atoms with Crippen LogP contribution in [-0.2, 0) is 38.3 Å². The number of morpholine rings is 1. The van der Waals surface area contributed by atoms with E-state index in [4.69, 9.17) is 21.3 Å². The van der Waals surface area contributed by atoms with E-state index in [1.807, 2.05) is 70.7 Å². The molecule has 53 heavy (non-hydrogen) atoms. The molecular formula is C42H41ClN6O4. The summed E-state index contributed by atoms with van der Waals surface area (Å²) in [6.07, 6.45) is 4.41.